The van der Waals surface area contributed by atoms with Crippen LogP contribution in [0.3, 0.4) is 0 Å². The molecule has 7 nitrogen and oxygen atoms in total. The molecule has 2 saturated heterocycles. The topological polar surface area (TPSA) is 81.8 Å². The van der Waals surface area contributed by atoms with Gasteiger partial charge in [0, 0.05) is 32.1 Å². The predicted octanol–water partition coefficient (Wildman–Crippen LogP) is 3.37. The Bertz CT molecular complexity index is 760. The normalized spacial score (nSPS) is 17.7. The first-order chi connectivity index (χ1) is 14.0. The van der Waals surface area contributed by atoms with Gasteiger partial charge in [0.15, 0.2) is 0 Å². The maximum absolute atomic E-state index is 12.6. The lowest BCUT2D eigenvalue weighted by Crippen LogP contribution is -2.48. The summed E-state index contributed by atoms with van der Waals surface area (Å²) >= 11 is 12.0. The number of benzene rings is 1. The fourth-order valence-corrected chi connectivity index (χ4v) is 4.13. The summed E-state index contributed by atoms with van der Waals surface area (Å²) in [5.41, 5.74) is 0.376. The Morgan fingerprint density at radius 1 is 0.966 bits per heavy atom. The number of likely N-dealkylation sites (tertiary alicyclic amines) is 2. The van der Waals surface area contributed by atoms with E-state index in [0.29, 0.717) is 36.6 Å². The number of carbonyl (C=O) groups excluding carboxylic acids is 3. The summed E-state index contributed by atoms with van der Waals surface area (Å²) in [6.07, 6.45) is 4.70. The summed E-state index contributed by atoms with van der Waals surface area (Å²) in [6, 6.07) is 4.39. The molecular weight excluding hydrogens is 415 g/mol. The number of halogens is 2. The van der Waals surface area contributed by atoms with E-state index in [1.807, 2.05) is 4.90 Å². The van der Waals surface area contributed by atoms with Crippen LogP contribution in [0.1, 0.15) is 32.1 Å². The van der Waals surface area contributed by atoms with Gasteiger partial charge in [-0.1, -0.05) is 29.3 Å². The number of amides is 4. The first-order valence-electron chi connectivity index (χ1n) is 10.0. The number of hydrogen-bond donors (Lipinski definition) is 2. The lowest BCUT2D eigenvalue weighted by molar-refractivity contribution is -0.141. The molecular formula is C20H26Cl2N4O3. The minimum atomic E-state index is -0.530. The Hall–Kier alpha value is -1.99. The monoisotopic (exact) mass is 440 g/mol. The average Bonchev–Trinajstić information content (AvgIpc) is 2.75. The first kappa shape index (κ1) is 21.7. The largest absolute Gasteiger partial charge is 0.342 e. The number of hydrogen-bond acceptors (Lipinski definition) is 3. The minimum Gasteiger partial charge on any atom is -0.342 e. The van der Waals surface area contributed by atoms with Crippen LogP contribution in [0.25, 0.3) is 0 Å². The van der Waals surface area contributed by atoms with Gasteiger partial charge in [-0.15, -0.1) is 0 Å². The molecule has 9 heteroatoms. The van der Waals surface area contributed by atoms with Crippen LogP contribution in [-0.4, -0.2) is 60.4 Å². The second-order valence-electron chi connectivity index (χ2n) is 7.45. The van der Waals surface area contributed by atoms with Crippen LogP contribution in [0.15, 0.2) is 18.2 Å². The lowest BCUT2D eigenvalue weighted by Gasteiger charge is -2.35. The number of nitrogens with zero attached hydrogens (tertiary/aromatic N) is 2. The van der Waals surface area contributed by atoms with E-state index >= 15 is 0 Å². The summed E-state index contributed by atoms with van der Waals surface area (Å²) in [5, 5.41) is 5.70. The molecule has 0 atom stereocenters. The van der Waals surface area contributed by atoms with Crippen molar-refractivity contribution >= 4 is 46.7 Å². The van der Waals surface area contributed by atoms with E-state index in [4.69, 9.17) is 23.2 Å². The van der Waals surface area contributed by atoms with Crippen molar-refractivity contribution in [3.8, 4) is 0 Å². The number of anilines is 1. The van der Waals surface area contributed by atoms with Gasteiger partial charge in [0.2, 0.25) is 11.8 Å². The Morgan fingerprint density at radius 3 is 2.34 bits per heavy atom. The van der Waals surface area contributed by atoms with Gasteiger partial charge in [0.1, 0.15) is 0 Å². The number of piperidine rings is 2. The molecule has 0 saturated carbocycles. The van der Waals surface area contributed by atoms with E-state index in [2.05, 4.69) is 10.6 Å². The highest BCUT2D eigenvalue weighted by atomic mass is 35.5. The van der Waals surface area contributed by atoms with Crippen LogP contribution in [-0.2, 0) is 9.59 Å². The van der Waals surface area contributed by atoms with Crippen molar-refractivity contribution in [1.82, 2.24) is 15.1 Å². The maximum Gasteiger partial charge on any atom is 0.319 e. The van der Waals surface area contributed by atoms with Crippen LogP contribution in [0.2, 0.25) is 10.0 Å². The van der Waals surface area contributed by atoms with Gasteiger partial charge >= 0.3 is 6.03 Å². The van der Waals surface area contributed by atoms with Crippen LogP contribution >= 0.6 is 23.2 Å². The molecule has 0 aliphatic carbocycles. The second-order valence-corrected chi connectivity index (χ2v) is 8.24. The predicted molar refractivity (Wildman–Crippen MR) is 113 cm³/mol. The zero-order valence-electron chi connectivity index (χ0n) is 16.3. The molecule has 2 fully saturated rings. The second kappa shape index (κ2) is 10.2. The fraction of sp³-hybridized carbons (Fsp3) is 0.550. The van der Waals surface area contributed by atoms with Crippen molar-refractivity contribution in [3.05, 3.63) is 28.2 Å². The quantitative estimate of drug-likeness (QED) is 0.752. The molecule has 0 bridgehead atoms. The smallest absolute Gasteiger partial charge is 0.319 e. The number of nitrogens with one attached hydrogen (secondary N) is 2. The number of carbonyl (C=O) groups is 3. The maximum atomic E-state index is 12.6. The van der Waals surface area contributed by atoms with Gasteiger partial charge in [0.05, 0.1) is 22.3 Å². The molecule has 2 N–H and O–H groups in total. The van der Waals surface area contributed by atoms with Crippen molar-refractivity contribution in [1.29, 1.82) is 0 Å². The summed E-state index contributed by atoms with van der Waals surface area (Å²) in [5.74, 6) is 0.0623. The highest BCUT2D eigenvalue weighted by Gasteiger charge is 2.30. The Balaban J connectivity index is 1.41. The van der Waals surface area contributed by atoms with E-state index in [9.17, 15) is 14.4 Å². The summed E-state index contributed by atoms with van der Waals surface area (Å²) in [6.45, 7) is 2.66. The summed E-state index contributed by atoms with van der Waals surface area (Å²) in [7, 11) is 0. The third-order valence-corrected chi connectivity index (χ3v) is 6.28. The highest BCUT2D eigenvalue weighted by molar-refractivity contribution is 6.43. The molecule has 3 rings (SSSR count). The molecule has 2 aliphatic rings. The molecule has 0 spiro atoms. The molecule has 158 valence electrons. The fourth-order valence-electron chi connectivity index (χ4n) is 3.78. The molecule has 0 unspecified atom stereocenters. The first-order valence-corrected chi connectivity index (χ1v) is 10.8. The minimum absolute atomic E-state index is 0.00150. The van der Waals surface area contributed by atoms with Crippen LogP contribution in [0.4, 0.5) is 10.5 Å². The van der Waals surface area contributed by atoms with Gasteiger partial charge in [-0.3, -0.25) is 9.59 Å². The third-order valence-electron chi connectivity index (χ3n) is 5.46. The van der Waals surface area contributed by atoms with Gasteiger partial charge in [-0.25, -0.2) is 4.79 Å². The van der Waals surface area contributed by atoms with Crippen molar-refractivity contribution in [2.45, 2.75) is 32.1 Å². The zero-order chi connectivity index (χ0) is 20.8. The van der Waals surface area contributed by atoms with Crippen molar-refractivity contribution in [2.24, 2.45) is 5.92 Å². The molecule has 4 amide bonds. The highest BCUT2D eigenvalue weighted by Crippen LogP contribution is 2.29. The molecule has 1 aromatic carbocycles. The van der Waals surface area contributed by atoms with Crippen molar-refractivity contribution in [2.75, 3.05) is 38.0 Å². The number of rotatable bonds is 4. The van der Waals surface area contributed by atoms with E-state index in [0.717, 1.165) is 25.9 Å². The Labute approximate surface area is 180 Å². The molecule has 2 aliphatic heterocycles. The van der Waals surface area contributed by atoms with E-state index < -0.39 is 6.03 Å². The zero-order valence-corrected chi connectivity index (χ0v) is 17.8. The molecule has 2 heterocycles. The van der Waals surface area contributed by atoms with Gasteiger partial charge in [-0.2, -0.15) is 0 Å². The van der Waals surface area contributed by atoms with Crippen molar-refractivity contribution < 1.29 is 14.4 Å². The van der Waals surface area contributed by atoms with Gasteiger partial charge < -0.3 is 20.4 Å². The van der Waals surface area contributed by atoms with Crippen LogP contribution in [0, 0.1) is 5.92 Å². The number of urea groups is 1. The lowest BCUT2D eigenvalue weighted by atomic mass is 9.94. The van der Waals surface area contributed by atoms with Gasteiger partial charge in [0.25, 0.3) is 0 Å². The molecule has 0 aromatic heterocycles. The molecule has 1 aromatic rings. The third kappa shape index (κ3) is 5.76. The standard InChI is InChI=1S/C20H26Cl2N4O3/c21-15-5-4-6-16(18(15)22)24-20(29)23-13-17(27)25-11-7-14(8-12-25)19(28)26-9-2-1-3-10-26/h4-6,14H,1-3,7-13H2,(H2,23,24,29). The van der Waals surface area contributed by atoms with Crippen LogP contribution < -0.4 is 10.6 Å². The molecule has 29 heavy (non-hydrogen) atoms. The summed E-state index contributed by atoms with van der Waals surface area (Å²) < 4.78 is 0. The van der Waals surface area contributed by atoms with E-state index in [1.165, 1.54) is 6.42 Å². The van der Waals surface area contributed by atoms with E-state index in [-0.39, 0.29) is 29.3 Å². The average molecular weight is 441 g/mol. The van der Waals surface area contributed by atoms with Crippen molar-refractivity contribution in [3.63, 3.8) is 0 Å². The van der Waals surface area contributed by atoms with E-state index in [1.54, 1.807) is 23.1 Å². The SMILES string of the molecule is O=C(NCC(=O)N1CCC(C(=O)N2CCCCC2)CC1)Nc1cccc(Cl)c1Cl. The van der Waals surface area contributed by atoms with Gasteiger partial charge in [-0.05, 0) is 44.2 Å². The Kier molecular flexibility index (Phi) is 7.61. The summed E-state index contributed by atoms with van der Waals surface area (Å²) in [4.78, 5) is 40.7. The van der Waals surface area contributed by atoms with Crippen LogP contribution in [0.5, 0.6) is 0 Å². The Morgan fingerprint density at radius 2 is 1.66 bits per heavy atom. The molecule has 0 radical (unpaired) electrons.